The Balaban J connectivity index is 1.36. The first kappa shape index (κ1) is 24.0. The molecule has 0 aliphatic rings. The number of aryl methyl sites for hydroxylation is 2. The summed E-state index contributed by atoms with van der Waals surface area (Å²) in [6, 6.07) is 19.5. The van der Waals surface area contributed by atoms with Gasteiger partial charge in [-0.15, -0.1) is 11.8 Å². The summed E-state index contributed by atoms with van der Waals surface area (Å²) in [5.74, 6) is 1.25. The third kappa shape index (κ3) is 6.27. The van der Waals surface area contributed by atoms with Crippen molar-refractivity contribution in [2.24, 2.45) is 0 Å². The predicted molar refractivity (Wildman–Crippen MR) is 132 cm³/mol. The highest BCUT2D eigenvalue weighted by molar-refractivity contribution is 7.98. The van der Waals surface area contributed by atoms with Gasteiger partial charge in [-0.3, -0.25) is 4.79 Å². The molecule has 4 aromatic rings. The number of nitrogens with one attached hydrogen (secondary N) is 1. The van der Waals surface area contributed by atoms with Crippen LogP contribution in [0.3, 0.4) is 0 Å². The number of rotatable bonds is 9. The lowest BCUT2D eigenvalue weighted by atomic mass is 10.2. The molecule has 1 amide bonds. The molecule has 0 radical (unpaired) electrons. The van der Waals surface area contributed by atoms with E-state index in [1.807, 2.05) is 44.2 Å². The topological polar surface area (TPSA) is 104 Å². The van der Waals surface area contributed by atoms with Gasteiger partial charge in [0.2, 0.25) is 0 Å². The first-order valence-corrected chi connectivity index (χ1v) is 11.8. The number of hydrogen-bond acceptors (Lipinski definition) is 8. The molecule has 0 atom stereocenters. The summed E-state index contributed by atoms with van der Waals surface area (Å²) < 4.78 is 16.3. The highest BCUT2D eigenvalue weighted by Crippen LogP contribution is 2.29. The molecular weight excluding hydrogens is 466 g/mol. The molecule has 1 N–H and O–H groups in total. The summed E-state index contributed by atoms with van der Waals surface area (Å²) in [6.07, 6.45) is 1.60. The molecule has 0 aliphatic carbocycles. The van der Waals surface area contributed by atoms with E-state index >= 15 is 0 Å². The standard InChI is InChI=1S/C26H23N3O5S/c1-17-21(18(2)34-29-17)16-35-25-20(11-8-14-27-25)26(31)32-15-24(30)28-22-12-6-7-13-23(22)33-19-9-4-3-5-10-19/h3-14H,15-16H2,1-2H3,(H,28,30). The predicted octanol–water partition coefficient (Wildman–Crippen LogP) is 5.57. The largest absolute Gasteiger partial charge is 0.455 e. The number of amides is 1. The molecule has 2 heterocycles. The molecule has 0 bridgehead atoms. The number of nitrogens with zero attached hydrogens (tertiary/aromatic N) is 2. The van der Waals surface area contributed by atoms with Crippen LogP contribution in [0.1, 0.15) is 27.4 Å². The Hall–Kier alpha value is -4.11. The molecule has 2 aromatic carbocycles. The van der Waals surface area contributed by atoms with E-state index in [-0.39, 0.29) is 5.56 Å². The molecule has 2 aromatic heterocycles. The summed E-state index contributed by atoms with van der Waals surface area (Å²) in [5.41, 5.74) is 2.50. The van der Waals surface area contributed by atoms with Crippen LogP contribution in [0.5, 0.6) is 11.5 Å². The third-order valence-corrected chi connectivity index (χ3v) is 6.02. The fraction of sp³-hybridized carbons (Fsp3) is 0.154. The van der Waals surface area contributed by atoms with Crippen LogP contribution < -0.4 is 10.1 Å². The summed E-state index contributed by atoms with van der Waals surface area (Å²) in [4.78, 5) is 29.5. The van der Waals surface area contributed by atoms with E-state index in [4.69, 9.17) is 14.0 Å². The van der Waals surface area contributed by atoms with Crippen LogP contribution in [0.2, 0.25) is 0 Å². The Morgan fingerprint density at radius 1 is 1.00 bits per heavy atom. The monoisotopic (exact) mass is 489 g/mol. The Bertz CT molecular complexity index is 1300. The lowest BCUT2D eigenvalue weighted by Crippen LogP contribution is -2.21. The van der Waals surface area contributed by atoms with E-state index in [1.54, 1.807) is 42.6 Å². The molecule has 9 heteroatoms. The number of para-hydroxylation sites is 3. The van der Waals surface area contributed by atoms with Crippen LogP contribution in [0.15, 0.2) is 82.5 Å². The molecule has 35 heavy (non-hydrogen) atoms. The van der Waals surface area contributed by atoms with Gasteiger partial charge in [0.25, 0.3) is 5.91 Å². The van der Waals surface area contributed by atoms with Crippen LogP contribution >= 0.6 is 11.8 Å². The number of aromatic nitrogens is 2. The third-order valence-electron chi connectivity index (χ3n) is 4.99. The molecule has 0 fully saturated rings. The Labute approximate surface area is 206 Å². The van der Waals surface area contributed by atoms with Crippen molar-refractivity contribution in [3.63, 3.8) is 0 Å². The summed E-state index contributed by atoms with van der Waals surface area (Å²) in [5, 5.41) is 7.17. The molecule has 0 saturated carbocycles. The molecule has 0 unspecified atom stereocenters. The van der Waals surface area contributed by atoms with Gasteiger partial charge < -0.3 is 19.3 Å². The summed E-state index contributed by atoms with van der Waals surface area (Å²) in [7, 11) is 0. The van der Waals surface area contributed by atoms with Crippen molar-refractivity contribution in [1.29, 1.82) is 0 Å². The average Bonchev–Trinajstić information content (AvgIpc) is 3.20. The number of esters is 1. The second kappa shape index (κ2) is 11.3. The van der Waals surface area contributed by atoms with Crippen LogP contribution in [-0.4, -0.2) is 28.6 Å². The summed E-state index contributed by atoms with van der Waals surface area (Å²) >= 11 is 1.37. The maximum Gasteiger partial charge on any atom is 0.341 e. The van der Waals surface area contributed by atoms with E-state index in [0.717, 1.165) is 17.0 Å². The average molecular weight is 490 g/mol. The number of benzene rings is 2. The van der Waals surface area contributed by atoms with E-state index < -0.39 is 18.5 Å². The Kier molecular flexibility index (Phi) is 7.79. The minimum Gasteiger partial charge on any atom is -0.455 e. The van der Waals surface area contributed by atoms with Crippen molar-refractivity contribution < 1.29 is 23.6 Å². The molecule has 8 nitrogen and oxygen atoms in total. The number of pyridine rings is 1. The lowest BCUT2D eigenvalue weighted by Gasteiger charge is -2.12. The number of ether oxygens (including phenoxy) is 2. The number of thioether (sulfide) groups is 1. The van der Waals surface area contributed by atoms with Gasteiger partial charge in [-0.25, -0.2) is 9.78 Å². The van der Waals surface area contributed by atoms with Gasteiger partial charge in [-0.2, -0.15) is 0 Å². The van der Waals surface area contributed by atoms with Crippen molar-refractivity contribution in [3.05, 3.63) is 95.5 Å². The fourth-order valence-corrected chi connectivity index (χ4v) is 4.31. The highest BCUT2D eigenvalue weighted by Gasteiger charge is 2.18. The normalized spacial score (nSPS) is 10.6. The fourth-order valence-electron chi connectivity index (χ4n) is 3.18. The van der Waals surface area contributed by atoms with E-state index in [2.05, 4.69) is 15.5 Å². The van der Waals surface area contributed by atoms with Crippen LogP contribution in [0.25, 0.3) is 0 Å². The van der Waals surface area contributed by atoms with Gasteiger partial charge in [-0.05, 0) is 50.2 Å². The van der Waals surface area contributed by atoms with Gasteiger partial charge in [-0.1, -0.05) is 35.5 Å². The zero-order valence-corrected chi connectivity index (χ0v) is 20.0. The van der Waals surface area contributed by atoms with Crippen molar-refractivity contribution >= 4 is 29.3 Å². The Morgan fingerprint density at radius 2 is 1.77 bits per heavy atom. The van der Waals surface area contributed by atoms with Gasteiger partial charge in [0.05, 0.1) is 16.9 Å². The Morgan fingerprint density at radius 3 is 2.54 bits per heavy atom. The molecule has 4 rings (SSSR count). The zero-order chi connectivity index (χ0) is 24.6. The number of carbonyl (C=O) groups is 2. The van der Waals surface area contributed by atoms with Crippen LogP contribution in [0.4, 0.5) is 5.69 Å². The minimum absolute atomic E-state index is 0.282. The van der Waals surface area contributed by atoms with E-state index in [1.165, 1.54) is 11.8 Å². The molecule has 0 spiro atoms. The van der Waals surface area contributed by atoms with E-state index in [0.29, 0.717) is 28.0 Å². The quantitative estimate of drug-likeness (QED) is 0.241. The van der Waals surface area contributed by atoms with Crippen molar-refractivity contribution in [2.75, 3.05) is 11.9 Å². The van der Waals surface area contributed by atoms with E-state index in [9.17, 15) is 9.59 Å². The SMILES string of the molecule is Cc1noc(C)c1CSc1ncccc1C(=O)OCC(=O)Nc1ccccc1Oc1ccccc1. The molecular formula is C26H23N3O5S. The minimum atomic E-state index is -0.636. The number of carbonyl (C=O) groups excluding carboxylic acids is 2. The first-order valence-electron chi connectivity index (χ1n) is 10.8. The van der Waals surface area contributed by atoms with Gasteiger partial charge >= 0.3 is 5.97 Å². The smallest absolute Gasteiger partial charge is 0.341 e. The molecule has 0 saturated heterocycles. The van der Waals surface area contributed by atoms with Gasteiger partial charge in [0.1, 0.15) is 16.5 Å². The highest BCUT2D eigenvalue weighted by atomic mass is 32.2. The molecule has 178 valence electrons. The lowest BCUT2D eigenvalue weighted by molar-refractivity contribution is -0.119. The van der Waals surface area contributed by atoms with Crippen molar-refractivity contribution in [2.45, 2.75) is 24.6 Å². The number of anilines is 1. The second-order valence-electron chi connectivity index (χ2n) is 7.48. The summed E-state index contributed by atoms with van der Waals surface area (Å²) in [6.45, 7) is 3.24. The van der Waals surface area contributed by atoms with Gasteiger partial charge in [0, 0.05) is 17.5 Å². The van der Waals surface area contributed by atoms with Crippen molar-refractivity contribution in [1.82, 2.24) is 10.1 Å². The second-order valence-corrected chi connectivity index (χ2v) is 8.45. The van der Waals surface area contributed by atoms with Crippen molar-refractivity contribution in [3.8, 4) is 11.5 Å². The van der Waals surface area contributed by atoms with Crippen LogP contribution in [-0.2, 0) is 15.3 Å². The zero-order valence-electron chi connectivity index (χ0n) is 19.2. The first-order chi connectivity index (χ1) is 17.0. The number of hydrogen-bond donors (Lipinski definition) is 1. The van der Waals surface area contributed by atoms with Crippen LogP contribution in [0, 0.1) is 13.8 Å². The van der Waals surface area contributed by atoms with Gasteiger partial charge in [0.15, 0.2) is 12.4 Å². The molecule has 0 aliphatic heterocycles. The maximum atomic E-state index is 12.7. The maximum absolute atomic E-state index is 12.7.